The van der Waals surface area contributed by atoms with Crippen LogP contribution in [0.15, 0.2) is 59.6 Å². The number of halogens is 2. The highest BCUT2D eigenvalue weighted by molar-refractivity contribution is 14.0. The van der Waals surface area contributed by atoms with Gasteiger partial charge in [-0.05, 0) is 43.2 Å². The summed E-state index contributed by atoms with van der Waals surface area (Å²) in [6.07, 6.45) is 0.846. The summed E-state index contributed by atoms with van der Waals surface area (Å²) in [5.74, 6) is 0.674. The summed E-state index contributed by atoms with van der Waals surface area (Å²) in [7, 11) is 0. The quantitative estimate of drug-likeness (QED) is 0.225. The van der Waals surface area contributed by atoms with Crippen LogP contribution in [-0.2, 0) is 6.42 Å². The van der Waals surface area contributed by atoms with Gasteiger partial charge in [-0.1, -0.05) is 41.9 Å². The zero-order chi connectivity index (χ0) is 18.6. The molecule has 0 radical (unpaired) electrons. The van der Waals surface area contributed by atoms with Crippen LogP contribution in [0.4, 0.5) is 0 Å². The third-order valence-corrected chi connectivity index (χ3v) is 3.92. The van der Waals surface area contributed by atoms with E-state index < -0.39 is 0 Å². The molecular weight excluding hydrogens is 475 g/mol. The number of carbonyl (C=O) groups is 1. The van der Waals surface area contributed by atoms with E-state index >= 15 is 0 Å². The molecule has 0 aromatic heterocycles. The van der Waals surface area contributed by atoms with Crippen molar-refractivity contribution in [1.29, 1.82) is 0 Å². The molecule has 5 nitrogen and oxygen atoms in total. The zero-order valence-electron chi connectivity index (χ0n) is 15.4. The van der Waals surface area contributed by atoms with Gasteiger partial charge in [-0.25, -0.2) is 0 Å². The van der Waals surface area contributed by atoms with Gasteiger partial charge in [0, 0.05) is 36.8 Å². The summed E-state index contributed by atoms with van der Waals surface area (Å²) in [5, 5.41) is 10.1. The van der Waals surface area contributed by atoms with Crippen LogP contribution in [0.25, 0.3) is 0 Å². The normalized spacial score (nSPS) is 10.7. The molecule has 146 valence electrons. The highest BCUT2D eigenvalue weighted by Gasteiger charge is 2.03. The standard InChI is InChI=1S/C20H25ClN4O.HI/c1-2-22-20(24-13-12-16-8-10-18(21)11-9-16)25-15-14-23-19(26)17-6-4-3-5-7-17;/h3-11H,2,12-15H2,1H3,(H,23,26)(H2,22,24,25);1H. The monoisotopic (exact) mass is 500 g/mol. The van der Waals surface area contributed by atoms with Crippen molar-refractivity contribution in [2.75, 3.05) is 26.2 Å². The van der Waals surface area contributed by atoms with Gasteiger partial charge < -0.3 is 16.0 Å². The van der Waals surface area contributed by atoms with Gasteiger partial charge in [0.25, 0.3) is 5.91 Å². The van der Waals surface area contributed by atoms with Crippen LogP contribution in [0.5, 0.6) is 0 Å². The minimum Gasteiger partial charge on any atom is -0.357 e. The van der Waals surface area contributed by atoms with E-state index in [1.54, 1.807) is 12.1 Å². The number of carbonyl (C=O) groups excluding carboxylic acids is 1. The van der Waals surface area contributed by atoms with E-state index in [-0.39, 0.29) is 29.9 Å². The summed E-state index contributed by atoms with van der Waals surface area (Å²) in [6, 6.07) is 17.0. The van der Waals surface area contributed by atoms with E-state index in [1.165, 1.54) is 5.56 Å². The van der Waals surface area contributed by atoms with Crippen molar-refractivity contribution < 1.29 is 4.79 Å². The van der Waals surface area contributed by atoms with Crippen molar-refractivity contribution in [2.45, 2.75) is 13.3 Å². The summed E-state index contributed by atoms with van der Waals surface area (Å²) in [5.41, 5.74) is 1.86. The average molecular weight is 501 g/mol. The Morgan fingerprint density at radius 2 is 1.63 bits per heavy atom. The first-order valence-corrected chi connectivity index (χ1v) is 9.16. The molecule has 0 fully saturated rings. The van der Waals surface area contributed by atoms with Crippen LogP contribution < -0.4 is 16.0 Å². The van der Waals surface area contributed by atoms with Gasteiger partial charge in [-0.2, -0.15) is 0 Å². The summed E-state index contributed by atoms with van der Waals surface area (Å²) >= 11 is 5.89. The van der Waals surface area contributed by atoms with Crippen molar-refractivity contribution in [3.05, 3.63) is 70.7 Å². The second-order valence-electron chi connectivity index (χ2n) is 5.69. The molecule has 1 amide bonds. The third-order valence-electron chi connectivity index (χ3n) is 3.67. The van der Waals surface area contributed by atoms with Gasteiger partial charge >= 0.3 is 0 Å². The minimum absolute atomic E-state index is 0. The predicted molar refractivity (Wildman–Crippen MR) is 123 cm³/mol. The van der Waals surface area contributed by atoms with Crippen molar-refractivity contribution >= 4 is 47.4 Å². The molecule has 0 saturated carbocycles. The van der Waals surface area contributed by atoms with Crippen molar-refractivity contribution in [3.8, 4) is 0 Å². The van der Waals surface area contributed by atoms with Gasteiger partial charge in [0.05, 0.1) is 0 Å². The molecule has 0 spiro atoms. The molecule has 2 aromatic rings. The lowest BCUT2D eigenvalue weighted by Crippen LogP contribution is -2.41. The van der Waals surface area contributed by atoms with Crippen LogP contribution in [0.3, 0.4) is 0 Å². The molecule has 0 unspecified atom stereocenters. The number of benzene rings is 2. The smallest absolute Gasteiger partial charge is 0.251 e. The minimum atomic E-state index is -0.0722. The second kappa shape index (κ2) is 13.4. The second-order valence-corrected chi connectivity index (χ2v) is 6.12. The fraction of sp³-hybridized carbons (Fsp3) is 0.300. The Kier molecular flexibility index (Phi) is 11.5. The van der Waals surface area contributed by atoms with Crippen LogP contribution in [0.2, 0.25) is 5.02 Å². The number of guanidine groups is 1. The van der Waals surface area contributed by atoms with E-state index in [0.717, 1.165) is 23.9 Å². The SMILES string of the molecule is CCNC(=NCCc1ccc(Cl)cc1)NCCNC(=O)c1ccccc1.I. The van der Waals surface area contributed by atoms with Crippen LogP contribution in [0, 0.1) is 0 Å². The number of rotatable bonds is 8. The lowest BCUT2D eigenvalue weighted by Gasteiger charge is -2.12. The van der Waals surface area contributed by atoms with Crippen LogP contribution in [0.1, 0.15) is 22.8 Å². The number of aliphatic imine (C=N–C) groups is 1. The third kappa shape index (κ3) is 9.10. The largest absolute Gasteiger partial charge is 0.357 e. The molecule has 0 aliphatic heterocycles. The highest BCUT2D eigenvalue weighted by atomic mass is 127. The molecule has 2 rings (SSSR count). The molecule has 0 bridgehead atoms. The van der Waals surface area contributed by atoms with Gasteiger partial charge in [-0.3, -0.25) is 9.79 Å². The first-order chi connectivity index (χ1) is 12.7. The Morgan fingerprint density at radius 1 is 0.963 bits per heavy atom. The average Bonchev–Trinajstić information content (AvgIpc) is 2.67. The molecule has 0 atom stereocenters. The molecule has 3 N–H and O–H groups in total. The number of amides is 1. The predicted octanol–water partition coefficient (Wildman–Crippen LogP) is 3.49. The Bertz CT molecular complexity index is 708. The molecule has 2 aromatic carbocycles. The summed E-state index contributed by atoms with van der Waals surface area (Å²) in [6.45, 7) is 4.60. The molecule has 0 aliphatic rings. The molecular formula is C20H26ClIN4O. The lowest BCUT2D eigenvalue weighted by molar-refractivity contribution is 0.0954. The topological polar surface area (TPSA) is 65.5 Å². The van der Waals surface area contributed by atoms with Gasteiger partial charge in [0.2, 0.25) is 0 Å². The zero-order valence-corrected chi connectivity index (χ0v) is 18.5. The number of hydrogen-bond acceptors (Lipinski definition) is 2. The molecule has 7 heteroatoms. The van der Waals surface area contributed by atoms with E-state index in [9.17, 15) is 4.79 Å². The van der Waals surface area contributed by atoms with Crippen LogP contribution in [-0.4, -0.2) is 38.0 Å². The summed E-state index contributed by atoms with van der Waals surface area (Å²) in [4.78, 5) is 16.5. The Balaban J connectivity index is 0.00000364. The Morgan fingerprint density at radius 3 is 2.30 bits per heavy atom. The van der Waals surface area contributed by atoms with E-state index in [4.69, 9.17) is 11.6 Å². The number of hydrogen-bond donors (Lipinski definition) is 3. The van der Waals surface area contributed by atoms with E-state index in [0.29, 0.717) is 25.2 Å². The fourth-order valence-corrected chi connectivity index (χ4v) is 2.46. The first-order valence-electron chi connectivity index (χ1n) is 8.79. The van der Waals surface area contributed by atoms with Crippen molar-refractivity contribution in [3.63, 3.8) is 0 Å². The number of nitrogens with one attached hydrogen (secondary N) is 3. The van der Waals surface area contributed by atoms with Crippen molar-refractivity contribution in [2.24, 2.45) is 4.99 Å². The first kappa shape index (κ1) is 23.2. The van der Waals surface area contributed by atoms with Gasteiger partial charge in [-0.15, -0.1) is 24.0 Å². The fourth-order valence-electron chi connectivity index (χ4n) is 2.34. The maximum atomic E-state index is 12.0. The van der Waals surface area contributed by atoms with Gasteiger partial charge in [0.1, 0.15) is 0 Å². The Hall–Kier alpha value is -1.80. The molecule has 0 heterocycles. The molecule has 27 heavy (non-hydrogen) atoms. The van der Waals surface area contributed by atoms with Crippen LogP contribution >= 0.6 is 35.6 Å². The molecule has 0 saturated heterocycles. The van der Waals surface area contributed by atoms with E-state index in [2.05, 4.69) is 20.9 Å². The van der Waals surface area contributed by atoms with Gasteiger partial charge in [0.15, 0.2) is 5.96 Å². The van der Waals surface area contributed by atoms with Crippen molar-refractivity contribution in [1.82, 2.24) is 16.0 Å². The number of nitrogens with zero attached hydrogens (tertiary/aromatic N) is 1. The lowest BCUT2D eigenvalue weighted by atomic mass is 10.1. The highest BCUT2D eigenvalue weighted by Crippen LogP contribution is 2.09. The maximum absolute atomic E-state index is 12.0. The molecule has 0 aliphatic carbocycles. The summed E-state index contributed by atoms with van der Waals surface area (Å²) < 4.78 is 0. The maximum Gasteiger partial charge on any atom is 0.251 e. The Labute approximate surface area is 183 Å². The van der Waals surface area contributed by atoms with E-state index in [1.807, 2.05) is 49.4 Å².